The van der Waals surface area contributed by atoms with Gasteiger partial charge in [0.1, 0.15) is 24.0 Å². The molecule has 0 atom stereocenters. The van der Waals surface area contributed by atoms with Crippen molar-refractivity contribution < 1.29 is 14.3 Å². The number of carbonyl (C=O) groups is 2. The quantitative estimate of drug-likeness (QED) is 0.447. The lowest BCUT2D eigenvalue weighted by atomic mass is 9.93. The first-order chi connectivity index (χ1) is 12.4. The highest BCUT2D eigenvalue weighted by Crippen LogP contribution is 2.28. The normalized spacial score (nSPS) is 16.3. The summed E-state index contributed by atoms with van der Waals surface area (Å²) in [7, 11) is 0. The van der Waals surface area contributed by atoms with E-state index in [0.717, 1.165) is 10.5 Å². The third kappa shape index (κ3) is 4.09. The van der Waals surface area contributed by atoms with Crippen LogP contribution in [0.15, 0.2) is 53.6 Å². The van der Waals surface area contributed by atoms with Crippen LogP contribution in [0.5, 0.6) is 5.75 Å². The molecule has 2 rings (SSSR count). The Hall–Kier alpha value is -3.13. The van der Waals surface area contributed by atoms with E-state index in [2.05, 4.69) is 6.58 Å². The fourth-order valence-electron chi connectivity index (χ4n) is 2.64. The molecule has 0 N–H and O–H groups in total. The van der Waals surface area contributed by atoms with Crippen molar-refractivity contribution in [1.82, 2.24) is 4.90 Å². The first kappa shape index (κ1) is 19.2. The minimum atomic E-state index is -0.519. The van der Waals surface area contributed by atoms with Gasteiger partial charge in [-0.1, -0.05) is 38.6 Å². The van der Waals surface area contributed by atoms with E-state index in [9.17, 15) is 14.9 Å². The van der Waals surface area contributed by atoms with Crippen LogP contribution >= 0.6 is 0 Å². The second-order valence-corrected chi connectivity index (χ2v) is 6.45. The number of imide groups is 1. The van der Waals surface area contributed by atoms with Crippen molar-refractivity contribution in [3.8, 4) is 11.8 Å². The molecule has 5 nitrogen and oxygen atoms in total. The first-order valence-corrected chi connectivity index (χ1v) is 8.42. The van der Waals surface area contributed by atoms with E-state index >= 15 is 0 Å². The zero-order valence-corrected chi connectivity index (χ0v) is 15.3. The van der Waals surface area contributed by atoms with Crippen molar-refractivity contribution in [2.75, 3.05) is 13.2 Å². The molecule has 1 aromatic carbocycles. The van der Waals surface area contributed by atoms with E-state index in [-0.39, 0.29) is 23.9 Å². The monoisotopic (exact) mass is 350 g/mol. The van der Waals surface area contributed by atoms with Crippen LogP contribution in [0.1, 0.15) is 26.3 Å². The average Bonchev–Trinajstić information content (AvgIpc) is 2.62. The number of nitriles is 1. The molecular weight excluding hydrogens is 328 g/mol. The molecule has 0 aliphatic carbocycles. The van der Waals surface area contributed by atoms with Crippen LogP contribution in [0, 0.1) is 17.2 Å². The van der Waals surface area contributed by atoms with Gasteiger partial charge in [0.25, 0.3) is 11.8 Å². The number of benzene rings is 1. The minimum Gasteiger partial charge on any atom is -0.490 e. The molecule has 0 spiro atoms. The molecule has 0 fully saturated rings. The minimum absolute atomic E-state index is 0.0161. The summed E-state index contributed by atoms with van der Waals surface area (Å²) in [5.41, 5.74) is 1.58. The Labute approximate surface area is 153 Å². The summed E-state index contributed by atoms with van der Waals surface area (Å²) in [5, 5.41) is 9.35. The predicted octanol–water partition coefficient (Wildman–Crippen LogP) is 3.50. The van der Waals surface area contributed by atoms with E-state index in [1.807, 2.05) is 32.0 Å². The van der Waals surface area contributed by atoms with Gasteiger partial charge in [0.05, 0.1) is 0 Å². The second kappa shape index (κ2) is 8.30. The summed E-state index contributed by atoms with van der Waals surface area (Å²) < 4.78 is 5.44. The highest BCUT2D eigenvalue weighted by Gasteiger charge is 2.35. The van der Waals surface area contributed by atoms with Crippen LogP contribution in [0.4, 0.5) is 0 Å². The summed E-state index contributed by atoms with van der Waals surface area (Å²) in [6, 6.07) is 9.17. The van der Waals surface area contributed by atoms with Gasteiger partial charge < -0.3 is 4.74 Å². The molecule has 0 saturated carbocycles. The maximum atomic E-state index is 12.8. The standard InChI is InChI=1S/C21H22N2O3/c1-5-10-26-17-8-6-16(7-9-17)11-18-15(4)19(12-22)21(25)23(20(18)24)13-14(2)3/h5-9,11,14H,1,10,13H2,2-4H3/b18-11+. The molecular formula is C21H22N2O3. The number of ether oxygens (including phenoxy) is 1. The Balaban J connectivity index is 2.41. The lowest BCUT2D eigenvalue weighted by Gasteiger charge is -2.28. The van der Waals surface area contributed by atoms with Crippen LogP contribution in [0.2, 0.25) is 0 Å². The smallest absolute Gasteiger partial charge is 0.271 e. The zero-order chi connectivity index (χ0) is 19.3. The second-order valence-electron chi connectivity index (χ2n) is 6.45. The summed E-state index contributed by atoms with van der Waals surface area (Å²) in [4.78, 5) is 26.4. The fourth-order valence-corrected chi connectivity index (χ4v) is 2.64. The maximum Gasteiger partial charge on any atom is 0.271 e. The van der Waals surface area contributed by atoms with Gasteiger partial charge in [-0.15, -0.1) is 0 Å². The summed E-state index contributed by atoms with van der Waals surface area (Å²) in [6.07, 6.45) is 3.36. The van der Waals surface area contributed by atoms with Crippen molar-refractivity contribution in [3.05, 3.63) is 59.2 Å². The Morgan fingerprint density at radius 2 is 1.88 bits per heavy atom. The number of hydrogen-bond donors (Lipinski definition) is 0. The molecule has 2 amide bonds. The van der Waals surface area contributed by atoms with Crippen molar-refractivity contribution in [2.24, 2.45) is 5.92 Å². The molecule has 1 aliphatic heterocycles. The molecule has 0 unspecified atom stereocenters. The number of rotatable bonds is 6. The van der Waals surface area contributed by atoms with Gasteiger partial charge >= 0.3 is 0 Å². The summed E-state index contributed by atoms with van der Waals surface area (Å²) in [6.45, 7) is 9.77. The molecule has 0 radical (unpaired) electrons. The van der Waals surface area contributed by atoms with Crippen LogP contribution < -0.4 is 4.74 Å². The third-order valence-electron chi connectivity index (χ3n) is 3.93. The van der Waals surface area contributed by atoms with E-state index in [1.165, 1.54) is 0 Å². The van der Waals surface area contributed by atoms with Gasteiger partial charge in [-0.05, 0) is 42.2 Å². The average molecular weight is 350 g/mol. The van der Waals surface area contributed by atoms with Crippen molar-refractivity contribution in [1.29, 1.82) is 5.26 Å². The van der Waals surface area contributed by atoms with Gasteiger partial charge in [-0.25, -0.2) is 0 Å². The van der Waals surface area contributed by atoms with Crippen molar-refractivity contribution in [2.45, 2.75) is 20.8 Å². The largest absolute Gasteiger partial charge is 0.490 e. The van der Waals surface area contributed by atoms with E-state index < -0.39 is 5.91 Å². The molecule has 1 aromatic rings. The van der Waals surface area contributed by atoms with Gasteiger partial charge in [-0.2, -0.15) is 5.26 Å². The number of hydrogen-bond acceptors (Lipinski definition) is 4. The van der Waals surface area contributed by atoms with E-state index in [4.69, 9.17) is 4.74 Å². The predicted molar refractivity (Wildman–Crippen MR) is 100.0 cm³/mol. The van der Waals surface area contributed by atoms with E-state index in [1.54, 1.807) is 31.2 Å². The highest BCUT2D eigenvalue weighted by molar-refractivity contribution is 6.19. The Morgan fingerprint density at radius 1 is 1.23 bits per heavy atom. The van der Waals surface area contributed by atoms with E-state index in [0.29, 0.717) is 23.5 Å². The molecule has 0 bridgehead atoms. The Morgan fingerprint density at radius 3 is 2.42 bits per heavy atom. The topological polar surface area (TPSA) is 70.4 Å². The third-order valence-corrected chi connectivity index (χ3v) is 3.93. The number of nitrogens with zero attached hydrogens (tertiary/aromatic N) is 2. The lowest BCUT2D eigenvalue weighted by molar-refractivity contribution is -0.141. The molecule has 134 valence electrons. The zero-order valence-electron chi connectivity index (χ0n) is 15.3. The van der Waals surface area contributed by atoms with Gasteiger partial charge in [0.15, 0.2) is 0 Å². The lowest BCUT2D eigenvalue weighted by Crippen LogP contribution is -2.44. The van der Waals surface area contributed by atoms with Crippen LogP contribution in [0.3, 0.4) is 0 Å². The fraction of sp³-hybridized carbons (Fsp3) is 0.286. The molecule has 0 saturated heterocycles. The van der Waals surface area contributed by atoms with Gasteiger partial charge in [0, 0.05) is 12.1 Å². The first-order valence-electron chi connectivity index (χ1n) is 8.42. The van der Waals surface area contributed by atoms with Gasteiger partial charge in [-0.3, -0.25) is 14.5 Å². The molecule has 1 aliphatic rings. The molecule has 1 heterocycles. The van der Waals surface area contributed by atoms with Crippen LogP contribution in [-0.4, -0.2) is 29.9 Å². The van der Waals surface area contributed by atoms with Gasteiger partial charge in [0.2, 0.25) is 0 Å². The maximum absolute atomic E-state index is 12.8. The van der Waals surface area contributed by atoms with Crippen molar-refractivity contribution >= 4 is 17.9 Å². The number of amides is 2. The van der Waals surface area contributed by atoms with Crippen LogP contribution in [0.25, 0.3) is 6.08 Å². The van der Waals surface area contributed by atoms with Crippen LogP contribution in [-0.2, 0) is 9.59 Å². The number of carbonyl (C=O) groups excluding carboxylic acids is 2. The van der Waals surface area contributed by atoms with Crippen molar-refractivity contribution in [3.63, 3.8) is 0 Å². The summed E-state index contributed by atoms with van der Waals surface area (Å²) in [5.74, 6) is -0.0754. The molecule has 0 aromatic heterocycles. The SMILES string of the molecule is C=CCOc1ccc(/C=C2/C(=O)N(CC(C)C)C(=O)C(C#N)=C2C)cc1. The highest BCUT2D eigenvalue weighted by atomic mass is 16.5. The Kier molecular flexibility index (Phi) is 6.13. The summed E-state index contributed by atoms with van der Waals surface area (Å²) >= 11 is 0. The molecule has 26 heavy (non-hydrogen) atoms. The Bertz CT molecular complexity index is 824. The molecule has 5 heteroatoms.